The SMILES string of the molecule is Cc1cc(Cl)c(C(=O)CN2CCCC2)cc1C. The first-order chi connectivity index (χ1) is 8.08. The molecule has 0 aliphatic carbocycles. The summed E-state index contributed by atoms with van der Waals surface area (Å²) >= 11 is 6.14. The summed E-state index contributed by atoms with van der Waals surface area (Å²) in [6.07, 6.45) is 2.40. The van der Waals surface area contributed by atoms with Crippen LogP contribution in [0.1, 0.15) is 34.3 Å². The molecular formula is C14H18ClNO. The summed E-state index contributed by atoms with van der Waals surface area (Å²) in [7, 11) is 0. The summed E-state index contributed by atoms with van der Waals surface area (Å²) in [5.41, 5.74) is 2.92. The van der Waals surface area contributed by atoms with Crippen molar-refractivity contribution >= 4 is 17.4 Å². The maximum absolute atomic E-state index is 12.2. The van der Waals surface area contributed by atoms with Crippen molar-refractivity contribution < 1.29 is 4.79 Å². The number of Topliss-reactive ketones (excluding diaryl/α,β-unsaturated/α-hetero) is 1. The van der Waals surface area contributed by atoms with Gasteiger partial charge in [0.15, 0.2) is 5.78 Å². The second-order valence-electron chi connectivity index (χ2n) is 4.82. The second-order valence-corrected chi connectivity index (χ2v) is 5.23. The Balaban J connectivity index is 2.15. The molecule has 0 spiro atoms. The molecule has 0 radical (unpaired) electrons. The number of hydrogen-bond acceptors (Lipinski definition) is 2. The van der Waals surface area contributed by atoms with E-state index in [1.165, 1.54) is 12.8 Å². The first kappa shape index (κ1) is 12.6. The van der Waals surface area contributed by atoms with Crippen LogP contribution >= 0.6 is 11.6 Å². The Hall–Kier alpha value is -0.860. The molecule has 92 valence electrons. The number of carbonyl (C=O) groups excluding carboxylic acids is 1. The Morgan fingerprint density at radius 3 is 2.47 bits per heavy atom. The molecule has 1 aromatic rings. The number of aryl methyl sites for hydroxylation is 2. The Morgan fingerprint density at radius 2 is 1.82 bits per heavy atom. The average molecular weight is 252 g/mol. The Morgan fingerprint density at radius 1 is 1.24 bits per heavy atom. The fourth-order valence-electron chi connectivity index (χ4n) is 2.22. The van der Waals surface area contributed by atoms with E-state index in [9.17, 15) is 4.79 Å². The van der Waals surface area contributed by atoms with Crippen molar-refractivity contribution in [3.05, 3.63) is 33.8 Å². The standard InChI is InChI=1S/C14H18ClNO/c1-10-7-12(13(15)8-11(10)2)14(17)9-16-5-3-4-6-16/h7-8H,3-6,9H2,1-2H3. The maximum Gasteiger partial charge on any atom is 0.178 e. The number of hydrogen-bond donors (Lipinski definition) is 0. The molecule has 0 amide bonds. The van der Waals surface area contributed by atoms with Gasteiger partial charge >= 0.3 is 0 Å². The van der Waals surface area contributed by atoms with Crippen molar-refractivity contribution in [1.82, 2.24) is 4.90 Å². The fraction of sp³-hybridized carbons (Fsp3) is 0.500. The molecule has 1 aliphatic rings. The van der Waals surface area contributed by atoms with Crippen LogP contribution in [0.15, 0.2) is 12.1 Å². The van der Waals surface area contributed by atoms with Crippen molar-refractivity contribution in [1.29, 1.82) is 0 Å². The largest absolute Gasteiger partial charge is 0.296 e. The van der Waals surface area contributed by atoms with Gasteiger partial charge in [0, 0.05) is 5.56 Å². The lowest BCUT2D eigenvalue weighted by Gasteiger charge is -2.14. The van der Waals surface area contributed by atoms with Gasteiger partial charge in [-0.15, -0.1) is 0 Å². The van der Waals surface area contributed by atoms with Crippen LogP contribution in [0, 0.1) is 13.8 Å². The van der Waals surface area contributed by atoms with Gasteiger partial charge in [0.2, 0.25) is 0 Å². The van der Waals surface area contributed by atoms with E-state index in [1.54, 1.807) is 0 Å². The first-order valence-corrected chi connectivity index (χ1v) is 6.48. The molecule has 0 unspecified atom stereocenters. The monoisotopic (exact) mass is 251 g/mol. The van der Waals surface area contributed by atoms with E-state index in [4.69, 9.17) is 11.6 Å². The van der Waals surface area contributed by atoms with E-state index in [0.717, 1.165) is 24.2 Å². The van der Waals surface area contributed by atoms with Gasteiger partial charge in [-0.05, 0) is 63.0 Å². The summed E-state index contributed by atoms with van der Waals surface area (Å²) < 4.78 is 0. The first-order valence-electron chi connectivity index (χ1n) is 6.10. The van der Waals surface area contributed by atoms with Gasteiger partial charge < -0.3 is 0 Å². The number of carbonyl (C=O) groups is 1. The molecule has 0 bridgehead atoms. The third-order valence-electron chi connectivity index (χ3n) is 3.45. The number of halogens is 1. The second kappa shape index (κ2) is 5.19. The van der Waals surface area contributed by atoms with Gasteiger partial charge in [0.05, 0.1) is 11.6 Å². The van der Waals surface area contributed by atoms with E-state index in [1.807, 2.05) is 26.0 Å². The number of benzene rings is 1. The normalized spacial score (nSPS) is 16.4. The molecule has 17 heavy (non-hydrogen) atoms. The summed E-state index contributed by atoms with van der Waals surface area (Å²) in [6.45, 7) is 6.60. The highest BCUT2D eigenvalue weighted by atomic mass is 35.5. The number of nitrogens with zero attached hydrogens (tertiary/aromatic N) is 1. The molecule has 3 heteroatoms. The molecule has 1 aromatic carbocycles. The van der Waals surface area contributed by atoms with Gasteiger partial charge in [-0.2, -0.15) is 0 Å². The molecule has 1 fully saturated rings. The van der Waals surface area contributed by atoms with Crippen LogP contribution in [0.25, 0.3) is 0 Å². The third-order valence-corrected chi connectivity index (χ3v) is 3.76. The van der Waals surface area contributed by atoms with Crippen molar-refractivity contribution in [2.45, 2.75) is 26.7 Å². The van der Waals surface area contributed by atoms with E-state index < -0.39 is 0 Å². The lowest BCUT2D eigenvalue weighted by Crippen LogP contribution is -2.27. The predicted octanol–water partition coefficient (Wildman–Crippen LogP) is 3.24. The lowest BCUT2D eigenvalue weighted by atomic mass is 10.0. The van der Waals surface area contributed by atoms with Crippen LogP contribution in [0.3, 0.4) is 0 Å². The maximum atomic E-state index is 12.2. The molecule has 2 rings (SSSR count). The summed E-state index contributed by atoms with van der Waals surface area (Å²) in [5, 5.41) is 0.581. The van der Waals surface area contributed by atoms with E-state index in [-0.39, 0.29) is 5.78 Å². The molecule has 1 saturated heterocycles. The minimum absolute atomic E-state index is 0.139. The zero-order valence-electron chi connectivity index (χ0n) is 10.4. The van der Waals surface area contributed by atoms with Crippen molar-refractivity contribution in [2.24, 2.45) is 0 Å². The molecule has 1 heterocycles. The third kappa shape index (κ3) is 2.88. The van der Waals surface area contributed by atoms with Crippen molar-refractivity contribution in [3.8, 4) is 0 Å². The highest BCUT2D eigenvalue weighted by molar-refractivity contribution is 6.34. The lowest BCUT2D eigenvalue weighted by molar-refractivity contribution is 0.0945. The van der Waals surface area contributed by atoms with Crippen LogP contribution in [-0.4, -0.2) is 30.3 Å². The predicted molar refractivity (Wildman–Crippen MR) is 70.9 cm³/mol. The van der Waals surface area contributed by atoms with Gasteiger partial charge in [-0.1, -0.05) is 11.6 Å². The minimum atomic E-state index is 0.139. The van der Waals surface area contributed by atoms with Crippen LogP contribution in [0.5, 0.6) is 0 Å². The van der Waals surface area contributed by atoms with Gasteiger partial charge in [0.25, 0.3) is 0 Å². The van der Waals surface area contributed by atoms with Crippen LogP contribution in [0.4, 0.5) is 0 Å². The molecule has 0 atom stereocenters. The van der Waals surface area contributed by atoms with Crippen LogP contribution in [-0.2, 0) is 0 Å². The quantitative estimate of drug-likeness (QED) is 0.769. The number of ketones is 1. The Bertz CT molecular complexity index is 436. The summed E-state index contributed by atoms with van der Waals surface area (Å²) in [4.78, 5) is 14.4. The van der Waals surface area contributed by atoms with Gasteiger partial charge in [-0.3, -0.25) is 9.69 Å². The van der Waals surface area contributed by atoms with Gasteiger partial charge in [0.1, 0.15) is 0 Å². The Kier molecular flexibility index (Phi) is 3.85. The van der Waals surface area contributed by atoms with E-state index in [0.29, 0.717) is 17.1 Å². The van der Waals surface area contributed by atoms with Gasteiger partial charge in [-0.25, -0.2) is 0 Å². The van der Waals surface area contributed by atoms with E-state index >= 15 is 0 Å². The molecule has 0 aromatic heterocycles. The summed E-state index contributed by atoms with van der Waals surface area (Å²) in [6, 6.07) is 3.80. The average Bonchev–Trinajstić information content (AvgIpc) is 2.76. The topological polar surface area (TPSA) is 20.3 Å². The summed E-state index contributed by atoms with van der Waals surface area (Å²) in [5.74, 6) is 0.139. The number of likely N-dealkylation sites (tertiary alicyclic amines) is 1. The highest BCUT2D eigenvalue weighted by Crippen LogP contribution is 2.22. The van der Waals surface area contributed by atoms with Crippen molar-refractivity contribution in [2.75, 3.05) is 19.6 Å². The smallest absolute Gasteiger partial charge is 0.178 e. The molecule has 1 aliphatic heterocycles. The Labute approximate surface area is 108 Å². The molecule has 2 nitrogen and oxygen atoms in total. The zero-order chi connectivity index (χ0) is 12.4. The van der Waals surface area contributed by atoms with Crippen LogP contribution in [0.2, 0.25) is 5.02 Å². The van der Waals surface area contributed by atoms with E-state index in [2.05, 4.69) is 4.90 Å². The highest BCUT2D eigenvalue weighted by Gasteiger charge is 2.18. The molecular weight excluding hydrogens is 234 g/mol. The minimum Gasteiger partial charge on any atom is -0.296 e. The number of rotatable bonds is 3. The molecule has 0 saturated carbocycles. The fourth-order valence-corrected chi connectivity index (χ4v) is 2.55. The zero-order valence-corrected chi connectivity index (χ0v) is 11.2. The molecule has 0 N–H and O–H groups in total. The van der Waals surface area contributed by atoms with Crippen molar-refractivity contribution in [3.63, 3.8) is 0 Å². The van der Waals surface area contributed by atoms with Crippen LogP contribution < -0.4 is 0 Å².